The van der Waals surface area contributed by atoms with Crippen LogP contribution in [0.3, 0.4) is 0 Å². The summed E-state index contributed by atoms with van der Waals surface area (Å²) in [6.45, 7) is 1.70. The lowest BCUT2D eigenvalue weighted by molar-refractivity contribution is -0.140. The van der Waals surface area contributed by atoms with Gasteiger partial charge in [-0.2, -0.15) is 0 Å². The van der Waals surface area contributed by atoms with E-state index in [0.717, 1.165) is 38.6 Å². The van der Waals surface area contributed by atoms with Gasteiger partial charge >= 0.3 is 0 Å². The molecule has 2 heterocycles. The van der Waals surface area contributed by atoms with Gasteiger partial charge in [-0.1, -0.05) is 12.5 Å². The molecule has 0 spiro atoms. The molecule has 0 unspecified atom stereocenters. The molecule has 0 radical (unpaired) electrons. The molecule has 1 aliphatic carbocycles. The van der Waals surface area contributed by atoms with E-state index in [4.69, 9.17) is 0 Å². The van der Waals surface area contributed by atoms with Gasteiger partial charge in [-0.3, -0.25) is 9.59 Å². The molecular weight excluding hydrogens is 284 g/mol. The molecule has 1 aromatic rings. The Labute approximate surface area is 129 Å². The number of thiophene rings is 1. The minimum atomic E-state index is 0.112. The van der Waals surface area contributed by atoms with Crippen molar-refractivity contribution in [2.45, 2.75) is 51.1 Å². The third-order valence-corrected chi connectivity index (χ3v) is 5.07. The number of hydrogen-bond acceptors (Lipinski definition) is 3. The SMILES string of the molecule is O=C1CCCCCN1CC(=O)N(Cc1cccs1)C1CC1. The van der Waals surface area contributed by atoms with Crippen molar-refractivity contribution in [3.8, 4) is 0 Å². The number of likely N-dealkylation sites (tertiary alicyclic amines) is 1. The molecule has 1 aromatic heterocycles. The molecule has 114 valence electrons. The highest BCUT2D eigenvalue weighted by atomic mass is 32.1. The molecule has 1 saturated heterocycles. The Kier molecular flexibility index (Phi) is 4.58. The summed E-state index contributed by atoms with van der Waals surface area (Å²) in [5.41, 5.74) is 0. The Morgan fingerprint density at radius 1 is 1.33 bits per heavy atom. The number of amides is 2. The highest BCUT2D eigenvalue weighted by Crippen LogP contribution is 2.29. The van der Waals surface area contributed by atoms with E-state index in [1.807, 2.05) is 16.3 Å². The Balaban J connectivity index is 1.62. The average Bonchev–Trinajstić information content (AvgIpc) is 3.22. The maximum absolute atomic E-state index is 12.6. The molecule has 0 atom stereocenters. The molecule has 5 heteroatoms. The summed E-state index contributed by atoms with van der Waals surface area (Å²) < 4.78 is 0. The van der Waals surface area contributed by atoms with Crippen LogP contribution in [0.1, 0.15) is 43.4 Å². The van der Waals surface area contributed by atoms with E-state index in [1.54, 1.807) is 16.2 Å². The summed E-state index contributed by atoms with van der Waals surface area (Å²) in [7, 11) is 0. The zero-order valence-corrected chi connectivity index (χ0v) is 13.1. The van der Waals surface area contributed by atoms with E-state index in [-0.39, 0.29) is 18.4 Å². The summed E-state index contributed by atoms with van der Waals surface area (Å²) in [5.74, 6) is 0.258. The van der Waals surface area contributed by atoms with Gasteiger partial charge in [-0.15, -0.1) is 11.3 Å². The maximum Gasteiger partial charge on any atom is 0.242 e. The smallest absolute Gasteiger partial charge is 0.242 e. The standard InChI is InChI=1S/C16H22N2O2S/c19-15-6-2-1-3-9-17(15)12-16(20)18(13-7-8-13)11-14-5-4-10-21-14/h4-5,10,13H,1-3,6-9,11-12H2. The minimum absolute atomic E-state index is 0.112. The van der Waals surface area contributed by atoms with Crippen molar-refractivity contribution in [1.82, 2.24) is 9.80 Å². The lowest BCUT2D eigenvalue weighted by atomic mass is 10.2. The van der Waals surface area contributed by atoms with Crippen LogP contribution in [0.4, 0.5) is 0 Å². The van der Waals surface area contributed by atoms with E-state index in [1.165, 1.54) is 4.88 Å². The molecule has 4 nitrogen and oxygen atoms in total. The van der Waals surface area contributed by atoms with Crippen LogP contribution in [-0.2, 0) is 16.1 Å². The van der Waals surface area contributed by atoms with Crippen LogP contribution in [0.15, 0.2) is 17.5 Å². The van der Waals surface area contributed by atoms with Gasteiger partial charge in [-0.05, 0) is 37.1 Å². The summed E-state index contributed by atoms with van der Waals surface area (Å²) in [5, 5.41) is 2.04. The van der Waals surface area contributed by atoms with Crippen molar-refractivity contribution < 1.29 is 9.59 Å². The van der Waals surface area contributed by atoms with Crippen molar-refractivity contribution in [3.05, 3.63) is 22.4 Å². The van der Waals surface area contributed by atoms with Crippen LogP contribution in [0, 0.1) is 0 Å². The van der Waals surface area contributed by atoms with Crippen LogP contribution in [0.5, 0.6) is 0 Å². The van der Waals surface area contributed by atoms with Gasteiger partial charge in [0.15, 0.2) is 0 Å². The van der Waals surface area contributed by atoms with Crippen molar-refractivity contribution in [2.75, 3.05) is 13.1 Å². The number of nitrogens with zero attached hydrogens (tertiary/aromatic N) is 2. The summed E-state index contributed by atoms with van der Waals surface area (Å²) in [4.78, 5) is 29.6. The largest absolute Gasteiger partial charge is 0.333 e. The monoisotopic (exact) mass is 306 g/mol. The zero-order chi connectivity index (χ0) is 14.7. The second-order valence-electron chi connectivity index (χ2n) is 5.96. The number of carbonyl (C=O) groups excluding carboxylic acids is 2. The lowest BCUT2D eigenvalue weighted by Crippen LogP contribution is -2.43. The normalized spacial score (nSPS) is 19.4. The first-order valence-corrected chi connectivity index (χ1v) is 8.71. The first kappa shape index (κ1) is 14.6. The molecule has 0 N–H and O–H groups in total. The summed E-state index contributed by atoms with van der Waals surface area (Å²) in [6, 6.07) is 4.49. The molecular formula is C16H22N2O2S. The Morgan fingerprint density at radius 3 is 2.90 bits per heavy atom. The fourth-order valence-electron chi connectivity index (χ4n) is 2.84. The number of rotatable bonds is 5. The third kappa shape index (κ3) is 3.84. The highest BCUT2D eigenvalue weighted by molar-refractivity contribution is 7.09. The third-order valence-electron chi connectivity index (χ3n) is 4.21. The van der Waals surface area contributed by atoms with E-state index in [0.29, 0.717) is 19.0 Å². The molecule has 1 aliphatic heterocycles. The van der Waals surface area contributed by atoms with Crippen molar-refractivity contribution in [1.29, 1.82) is 0 Å². The highest BCUT2D eigenvalue weighted by Gasteiger charge is 2.34. The number of hydrogen-bond donors (Lipinski definition) is 0. The molecule has 3 rings (SSSR count). The average molecular weight is 306 g/mol. The van der Waals surface area contributed by atoms with Crippen LogP contribution in [0.25, 0.3) is 0 Å². The number of carbonyl (C=O) groups is 2. The van der Waals surface area contributed by atoms with Gasteiger partial charge in [0.1, 0.15) is 0 Å². The Morgan fingerprint density at radius 2 is 2.19 bits per heavy atom. The fourth-order valence-corrected chi connectivity index (χ4v) is 3.54. The van der Waals surface area contributed by atoms with E-state index in [2.05, 4.69) is 6.07 Å². The predicted octanol–water partition coefficient (Wildman–Crippen LogP) is 2.64. The molecule has 1 saturated carbocycles. The molecule has 21 heavy (non-hydrogen) atoms. The second-order valence-corrected chi connectivity index (χ2v) is 6.99. The van der Waals surface area contributed by atoms with Crippen molar-refractivity contribution >= 4 is 23.2 Å². The van der Waals surface area contributed by atoms with E-state index in [9.17, 15) is 9.59 Å². The van der Waals surface area contributed by atoms with E-state index >= 15 is 0 Å². The van der Waals surface area contributed by atoms with Crippen LogP contribution in [0.2, 0.25) is 0 Å². The van der Waals surface area contributed by atoms with Crippen molar-refractivity contribution in [2.24, 2.45) is 0 Å². The first-order valence-electron chi connectivity index (χ1n) is 7.83. The molecule has 2 fully saturated rings. The summed E-state index contributed by atoms with van der Waals surface area (Å²) >= 11 is 1.69. The lowest BCUT2D eigenvalue weighted by Gasteiger charge is -2.26. The second kappa shape index (κ2) is 6.60. The minimum Gasteiger partial charge on any atom is -0.333 e. The maximum atomic E-state index is 12.6. The molecule has 0 bridgehead atoms. The summed E-state index contributed by atoms with van der Waals surface area (Å²) in [6.07, 6.45) is 5.88. The van der Waals surface area contributed by atoms with Crippen LogP contribution in [-0.4, -0.2) is 40.7 Å². The predicted molar refractivity (Wildman–Crippen MR) is 82.9 cm³/mol. The Bertz CT molecular complexity index is 496. The first-order chi connectivity index (χ1) is 10.2. The molecule has 0 aromatic carbocycles. The van der Waals surface area contributed by atoms with Crippen LogP contribution < -0.4 is 0 Å². The van der Waals surface area contributed by atoms with Gasteiger partial charge in [0.05, 0.1) is 13.1 Å². The Hall–Kier alpha value is -1.36. The van der Waals surface area contributed by atoms with Crippen molar-refractivity contribution in [3.63, 3.8) is 0 Å². The van der Waals surface area contributed by atoms with E-state index < -0.39 is 0 Å². The van der Waals surface area contributed by atoms with Gasteiger partial charge in [0.25, 0.3) is 0 Å². The molecule has 2 aliphatic rings. The van der Waals surface area contributed by atoms with Crippen LogP contribution >= 0.6 is 11.3 Å². The topological polar surface area (TPSA) is 40.6 Å². The van der Waals surface area contributed by atoms with Gasteiger partial charge in [0.2, 0.25) is 11.8 Å². The molecule has 2 amide bonds. The zero-order valence-electron chi connectivity index (χ0n) is 12.3. The quantitative estimate of drug-likeness (QED) is 0.839. The van der Waals surface area contributed by atoms with Gasteiger partial charge < -0.3 is 9.80 Å². The van der Waals surface area contributed by atoms with Gasteiger partial charge in [-0.25, -0.2) is 0 Å². The fraction of sp³-hybridized carbons (Fsp3) is 0.625. The van der Waals surface area contributed by atoms with Gasteiger partial charge in [0, 0.05) is 23.9 Å².